The normalized spacial score (nSPS) is 12.1. The number of rotatable bonds is 5. The molecule has 3 nitrogen and oxygen atoms in total. The SMILES string of the molecule is Cc1cccc(NC(=S)NC[C@H](c2c(F)cccc2Cl)N(C)C)c1. The molecule has 2 aromatic rings. The molecule has 6 heteroatoms. The number of anilines is 1. The van der Waals surface area contributed by atoms with Crippen LogP contribution in [-0.2, 0) is 0 Å². The smallest absolute Gasteiger partial charge is 0.170 e. The highest BCUT2D eigenvalue weighted by Crippen LogP contribution is 2.28. The third-order valence-electron chi connectivity index (χ3n) is 3.69. The largest absolute Gasteiger partial charge is 0.361 e. The van der Waals surface area contributed by atoms with Crippen LogP contribution in [-0.4, -0.2) is 30.7 Å². The summed E-state index contributed by atoms with van der Waals surface area (Å²) in [6, 6.07) is 12.4. The summed E-state index contributed by atoms with van der Waals surface area (Å²) in [6.07, 6.45) is 0. The lowest BCUT2D eigenvalue weighted by atomic mass is 10.1. The van der Waals surface area contributed by atoms with Crippen LogP contribution in [0.4, 0.5) is 10.1 Å². The number of thiocarbonyl (C=S) groups is 1. The molecule has 24 heavy (non-hydrogen) atoms. The van der Waals surface area contributed by atoms with Gasteiger partial charge in [-0.05, 0) is 63.1 Å². The van der Waals surface area contributed by atoms with Gasteiger partial charge in [-0.3, -0.25) is 0 Å². The molecule has 0 aromatic heterocycles. The zero-order valence-electron chi connectivity index (χ0n) is 13.9. The predicted molar refractivity (Wildman–Crippen MR) is 103 cm³/mol. The molecule has 0 aliphatic carbocycles. The van der Waals surface area contributed by atoms with Crippen LogP contribution in [0.3, 0.4) is 0 Å². The van der Waals surface area contributed by atoms with Gasteiger partial charge in [0.1, 0.15) is 5.82 Å². The summed E-state index contributed by atoms with van der Waals surface area (Å²) in [6.45, 7) is 2.45. The van der Waals surface area contributed by atoms with Gasteiger partial charge < -0.3 is 15.5 Å². The van der Waals surface area contributed by atoms with Gasteiger partial charge >= 0.3 is 0 Å². The third kappa shape index (κ3) is 4.90. The Bertz CT molecular complexity index is 701. The van der Waals surface area contributed by atoms with E-state index in [0.717, 1.165) is 11.3 Å². The summed E-state index contributed by atoms with van der Waals surface area (Å²) >= 11 is 11.5. The van der Waals surface area contributed by atoms with Gasteiger partial charge in [0.2, 0.25) is 0 Å². The van der Waals surface area contributed by atoms with Crippen LogP contribution in [0.25, 0.3) is 0 Å². The number of halogens is 2. The molecule has 0 amide bonds. The maximum absolute atomic E-state index is 14.2. The molecule has 2 aromatic carbocycles. The fourth-order valence-electron chi connectivity index (χ4n) is 2.46. The minimum absolute atomic E-state index is 0.240. The maximum Gasteiger partial charge on any atom is 0.170 e. The number of nitrogens with zero attached hydrogens (tertiary/aromatic N) is 1. The molecule has 0 heterocycles. The predicted octanol–water partition coefficient (Wildman–Crippen LogP) is 4.38. The van der Waals surface area contributed by atoms with E-state index >= 15 is 0 Å². The number of hydrogen-bond acceptors (Lipinski definition) is 2. The number of hydrogen-bond donors (Lipinski definition) is 2. The second-order valence-corrected chi connectivity index (χ2v) is 6.63. The molecule has 0 saturated heterocycles. The van der Waals surface area contributed by atoms with E-state index in [1.165, 1.54) is 6.07 Å². The highest BCUT2D eigenvalue weighted by molar-refractivity contribution is 7.80. The standard InChI is InChI=1S/C18H21ClFN3S/c1-12-6-4-7-13(10-12)22-18(24)21-11-16(23(2)3)17-14(19)8-5-9-15(17)20/h4-10,16H,11H2,1-3H3,(H2,21,22,24)/t16-/m1/s1. The van der Waals surface area contributed by atoms with Crippen LogP contribution in [0.1, 0.15) is 17.2 Å². The quantitative estimate of drug-likeness (QED) is 0.769. The lowest BCUT2D eigenvalue weighted by Crippen LogP contribution is -2.37. The van der Waals surface area contributed by atoms with Gasteiger partial charge in [-0.15, -0.1) is 0 Å². The van der Waals surface area contributed by atoms with Gasteiger partial charge in [0, 0.05) is 22.8 Å². The molecule has 0 unspecified atom stereocenters. The number of likely N-dealkylation sites (N-methyl/N-ethyl adjacent to an activating group) is 1. The molecule has 2 N–H and O–H groups in total. The first kappa shape index (κ1) is 18.6. The van der Waals surface area contributed by atoms with E-state index in [1.807, 2.05) is 50.2 Å². The Morgan fingerprint density at radius 2 is 1.96 bits per heavy atom. The molecule has 1 atom stereocenters. The first-order chi connectivity index (χ1) is 11.4. The van der Waals surface area contributed by atoms with E-state index in [2.05, 4.69) is 10.6 Å². The Morgan fingerprint density at radius 3 is 2.58 bits per heavy atom. The molecule has 2 rings (SSSR count). The van der Waals surface area contributed by atoms with Crippen LogP contribution in [0.15, 0.2) is 42.5 Å². The van der Waals surface area contributed by atoms with E-state index in [4.69, 9.17) is 23.8 Å². The summed E-state index contributed by atoms with van der Waals surface area (Å²) in [4.78, 5) is 1.91. The molecular formula is C18H21ClFN3S. The number of benzene rings is 2. The Labute approximate surface area is 152 Å². The van der Waals surface area contributed by atoms with Crippen molar-refractivity contribution in [2.24, 2.45) is 0 Å². The first-order valence-corrected chi connectivity index (χ1v) is 8.39. The second-order valence-electron chi connectivity index (χ2n) is 5.82. The molecule has 0 bridgehead atoms. The van der Waals surface area contributed by atoms with Gasteiger partial charge in [-0.25, -0.2) is 4.39 Å². The summed E-state index contributed by atoms with van der Waals surface area (Å²) < 4.78 is 14.2. The van der Waals surface area contributed by atoms with Crippen molar-refractivity contribution >= 4 is 34.6 Å². The van der Waals surface area contributed by atoms with Crippen molar-refractivity contribution in [3.63, 3.8) is 0 Å². The summed E-state index contributed by atoms with van der Waals surface area (Å²) in [7, 11) is 3.76. The van der Waals surface area contributed by atoms with E-state index in [-0.39, 0.29) is 11.9 Å². The monoisotopic (exact) mass is 365 g/mol. The van der Waals surface area contributed by atoms with Crippen molar-refractivity contribution in [3.8, 4) is 0 Å². The first-order valence-electron chi connectivity index (χ1n) is 7.60. The third-order valence-corrected chi connectivity index (χ3v) is 4.26. The van der Waals surface area contributed by atoms with E-state index in [0.29, 0.717) is 22.2 Å². The minimum Gasteiger partial charge on any atom is -0.361 e. The average Bonchev–Trinajstić information content (AvgIpc) is 2.49. The van der Waals surface area contributed by atoms with E-state index < -0.39 is 0 Å². The molecular weight excluding hydrogens is 345 g/mol. The lowest BCUT2D eigenvalue weighted by molar-refractivity contribution is 0.292. The summed E-state index contributed by atoms with van der Waals surface area (Å²) in [5.41, 5.74) is 2.53. The molecule has 0 aliphatic rings. The molecule has 0 fully saturated rings. The molecule has 128 valence electrons. The average molecular weight is 366 g/mol. The zero-order valence-corrected chi connectivity index (χ0v) is 15.5. The van der Waals surface area contributed by atoms with Gasteiger partial charge in [0.25, 0.3) is 0 Å². The van der Waals surface area contributed by atoms with Crippen LogP contribution in [0, 0.1) is 12.7 Å². The fourth-order valence-corrected chi connectivity index (χ4v) is 2.95. The van der Waals surface area contributed by atoms with Gasteiger partial charge in [-0.1, -0.05) is 29.8 Å². The highest BCUT2D eigenvalue weighted by atomic mass is 35.5. The van der Waals surface area contributed by atoms with Crippen molar-refractivity contribution < 1.29 is 4.39 Å². The Hall–Kier alpha value is -1.69. The van der Waals surface area contributed by atoms with Crippen LogP contribution in [0.5, 0.6) is 0 Å². The topological polar surface area (TPSA) is 27.3 Å². The van der Waals surface area contributed by atoms with Crippen molar-refractivity contribution in [3.05, 3.63) is 64.4 Å². The molecule has 0 spiro atoms. The summed E-state index contributed by atoms with van der Waals surface area (Å²) in [5, 5.41) is 7.17. The number of aryl methyl sites for hydroxylation is 1. The van der Waals surface area contributed by atoms with Gasteiger partial charge in [0.05, 0.1) is 6.04 Å². The van der Waals surface area contributed by atoms with Crippen LogP contribution < -0.4 is 10.6 Å². The van der Waals surface area contributed by atoms with Gasteiger partial charge in [0.15, 0.2) is 5.11 Å². The molecule has 0 saturated carbocycles. The molecule has 0 aliphatic heterocycles. The zero-order chi connectivity index (χ0) is 17.7. The van der Waals surface area contributed by atoms with E-state index in [1.54, 1.807) is 12.1 Å². The van der Waals surface area contributed by atoms with E-state index in [9.17, 15) is 4.39 Å². The Balaban J connectivity index is 2.05. The minimum atomic E-state index is -0.319. The second kappa shape index (κ2) is 8.42. The molecule has 0 radical (unpaired) electrons. The Kier molecular flexibility index (Phi) is 6.54. The summed E-state index contributed by atoms with van der Waals surface area (Å²) in [5.74, 6) is -0.319. The van der Waals surface area contributed by atoms with Crippen molar-refractivity contribution in [1.82, 2.24) is 10.2 Å². The van der Waals surface area contributed by atoms with Crippen LogP contribution >= 0.6 is 23.8 Å². The Morgan fingerprint density at radius 1 is 1.25 bits per heavy atom. The fraction of sp³-hybridized carbons (Fsp3) is 0.278. The van der Waals surface area contributed by atoms with Crippen LogP contribution in [0.2, 0.25) is 5.02 Å². The highest BCUT2D eigenvalue weighted by Gasteiger charge is 2.21. The maximum atomic E-state index is 14.2. The number of nitrogens with one attached hydrogen (secondary N) is 2. The van der Waals surface area contributed by atoms with Gasteiger partial charge in [-0.2, -0.15) is 0 Å². The van der Waals surface area contributed by atoms with Crippen molar-refractivity contribution in [2.75, 3.05) is 26.0 Å². The van der Waals surface area contributed by atoms with Crippen molar-refractivity contribution in [2.45, 2.75) is 13.0 Å². The van der Waals surface area contributed by atoms with Crippen molar-refractivity contribution in [1.29, 1.82) is 0 Å². The lowest BCUT2D eigenvalue weighted by Gasteiger charge is -2.27.